The van der Waals surface area contributed by atoms with Crippen molar-refractivity contribution in [2.45, 2.75) is 26.8 Å². The molecule has 144 valence electrons. The lowest BCUT2D eigenvalue weighted by Gasteiger charge is -2.20. The van der Waals surface area contributed by atoms with Crippen LogP contribution in [0.1, 0.15) is 22.4 Å². The molecule has 0 saturated carbocycles. The number of carbonyl (C=O) groups is 2. The lowest BCUT2D eigenvalue weighted by molar-refractivity contribution is -0.122. The van der Waals surface area contributed by atoms with Crippen molar-refractivity contribution in [3.63, 3.8) is 0 Å². The maximum atomic E-state index is 12.8. The van der Waals surface area contributed by atoms with E-state index in [1.54, 1.807) is 33.2 Å². The monoisotopic (exact) mass is 394 g/mol. The van der Waals surface area contributed by atoms with Gasteiger partial charge in [0.25, 0.3) is 0 Å². The van der Waals surface area contributed by atoms with Crippen molar-refractivity contribution >= 4 is 34.7 Å². The number of amides is 2. The van der Waals surface area contributed by atoms with Gasteiger partial charge in [0.1, 0.15) is 5.82 Å². The van der Waals surface area contributed by atoms with Gasteiger partial charge in [-0.1, -0.05) is 18.2 Å². The van der Waals surface area contributed by atoms with E-state index in [9.17, 15) is 9.59 Å². The first-order valence-electron chi connectivity index (χ1n) is 9.24. The summed E-state index contributed by atoms with van der Waals surface area (Å²) in [6.45, 7) is 5.04. The molecule has 1 aliphatic rings. The first-order chi connectivity index (χ1) is 13.5. The standard InChI is InChI=1S/C21H22N4O2S/c1-14-5-3-7-18(15(14)2)24-12-16(11-20(24)26)21(27)23-19-8-9-22-25(19)13-17-6-4-10-28-17/h3-10,16H,11-13H2,1-2H3,(H,23,27). The summed E-state index contributed by atoms with van der Waals surface area (Å²) in [7, 11) is 0. The van der Waals surface area contributed by atoms with Crippen LogP contribution in [-0.4, -0.2) is 28.1 Å². The highest BCUT2D eigenvalue weighted by Crippen LogP contribution is 2.30. The fraction of sp³-hybridized carbons (Fsp3) is 0.286. The number of anilines is 2. The highest BCUT2D eigenvalue weighted by Gasteiger charge is 2.36. The number of aryl methyl sites for hydroxylation is 1. The van der Waals surface area contributed by atoms with E-state index in [4.69, 9.17) is 0 Å². The van der Waals surface area contributed by atoms with Crippen LogP contribution in [0.3, 0.4) is 0 Å². The second kappa shape index (κ2) is 7.59. The average molecular weight is 395 g/mol. The van der Waals surface area contributed by atoms with Crippen LogP contribution < -0.4 is 10.2 Å². The second-order valence-electron chi connectivity index (χ2n) is 7.07. The molecule has 0 spiro atoms. The van der Waals surface area contributed by atoms with Crippen LogP contribution in [0.2, 0.25) is 0 Å². The Labute approximate surface area is 167 Å². The first-order valence-corrected chi connectivity index (χ1v) is 10.1. The number of aromatic nitrogens is 2. The first kappa shape index (κ1) is 18.4. The Kier molecular flexibility index (Phi) is 5.00. The van der Waals surface area contributed by atoms with Crippen LogP contribution in [0, 0.1) is 19.8 Å². The number of benzene rings is 1. The van der Waals surface area contributed by atoms with Crippen LogP contribution in [0.15, 0.2) is 48.0 Å². The maximum Gasteiger partial charge on any atom is 0.230 e. The number of hydrogen-bond donors (Lipinski definition) is 1. The molecule has 28 heavy (non-hydrogen) atoms. The van der Waals surface area contributed by atoms with E-state index in [2.05, 4.69) is 10.4 Å². The molecule has 3 heterocycles. The zero-order valence-electron chi connectivity index (χ0n) is 15.9. The van der Waals surface area contributed by atoms with E-state index < -0.39 is 0 Å². The SMILES string of the molecule is Cc1cccc(N2CC(C(=O)Nc3ccnn3Cc3cccs3)CC2=O)c1C. The molecule has 2 aromatic heterocycles. The van der Waals surface area contributed by atoms with Crippen molar-refractivity contribution in [1.29, 1.82) is 0 Å². The Hall–Kier alpha value is -2.93. The maximum absolute atomic E-state index is 12.8. The molecule has 1 atom stereocenters. The molecule has 0 bridgehead atoms. The van der Waals surface area contributed by atoms with Gasteiger partial charge in [0.2, 0.25) is 11.8 Å². The molecule has 3 aromatic rings. The van der Waals surface area contributed by atoms with E-state index >= 15 is 0 Å². The molecule has 0 radical (unpaired) electrons. The molecule has 1 saturated heterocycles. The summed E-state index contributed by atoms with van der Waals surface area (Å²) >= 11 is 1.65. The molecule has 6 nitrogen and oxygen atoms in total. The van der Waals surface area contributed by atoms with E-state index in [0.29, 0.717) is 18.9 Å². The van der Waals surface area contributed by atoms with Gasteiger partial charge in [-0.05, 0) is 42.5 Å². The molecule has 7 heteroatoms. The predicted octanol–water partition coefficient (Wildman–Crippen LogP) is 3.60. The number of carbonyl (C=O) groups excluding carboxylic acids is 2. The Morgan fingerprint density at radius 2 is 2.11 bits per heavy atom. The van der Waals surface area contributed by atoms with Gasteiger partial charge in [-0.25, -0.2) is 4.68 Å². The summed E-state index contributed by atoms with van der Waals surface area (Å²) in [6.07, 6.45) is 1.89. The highest BCUT2D eigenvalue weighted by atomic mass is 32.1. The summed E-state index contributed by atoms with van der Waals surface area (Å²) in [5, 5.41) is 9.27. The van der Waals surface area contributed by atoms with Gasteiger partial charge in [0.15, 0.2) is 0 Å². The van der Waals surface area contributed by atoms with Gasteiger partial charge >= 0.3 is 0 Å². The third-order valence-electron chi connectivity index (χ3n) is 5.22. The topological polar surface area (TPSA) is 67.2 Å². The molecular weight excluding hydrogens is 372 g/mol. The van der Waals surface area contributed by atoms with Crippen LogP contribution >= 0.6 is 11.3 Å². The number of nitrogens with zero attached hydrogens (tertiary/aromatic N) is 3. The van der Waals surface area contributed by atoms with Crippen LogP contribution in [0.4, 0.5) is 11.5 Å². The minimum absolute atomic E-state index is 0.0130. The third-order valence-corrected chi connectivity index (χ3v) is 6.08. The second-order valence-corrected chi connectivity index (χ2v) is 8.10. The Balaban J connectivity index is 1.46. The largest absolute Gasteiger partial charge is 0.311 e. The van der Waals surface area contributed by atoms with Crippen molar-refractivity contribution in [3.8, 4) is 0 Å². The van der Waals surface area contributed by atoms with E-state index in [1.807, 2.05) is 49.6 Å². The molecule has 1 aliphatic heterocycles. The lowest BCUT2D eigenvalue weighted by atomic mass is 10.1. The summed E-state index contributed by atoms with van der Waals surface area (Å²) in [4.78, 5) is 28.3. The number of hydrogen-bond acceptors (Lipinski definition) is 4. The van der Waals surface area contributed by atoms with Gasteiger partial charge in [0.05, 0.1) is 18.7 Å². The number of nitrogens with one attached hydrogen (secondary N) is 1. The number of thiophene rings is 1. The van der Waals surface area contributed by atoms with Gasteiger partial charge < -0.3 is 10.2 Å². The molecule has 0 aliphatic carbocycles. The zero-order chi connectivity index (χ0) is 19.7. The predicted molar refractivity (Wildman–Crippen MR) is 111 cm³/mol. The quantitative estimate of drug-likeness (QED) is 0.719. The third kappa shape index (κ3) is 3.57. The molecule has 1 unspecified atom stereocenters. The summed E-state index contributed by atoms with van der Waals surface area (Å²) in [6, 6.07) is 11.7. The fourth-order valence-corrected chi connectivity index (χ4v) is 4.17. The highest BCUT2D eigenvalue weighted by molar-refractivity contribution is 7.09. The Morgan fingerprint density at radius 3 is 2.89 bits per heavy atom. The van der Waals surface area contributed by atoms with Crippen LogP contribution in [0.25, 0.3) is 0 Å². The smallest absolute Gasteiger partial charge is 0.230 e. The average Bonchev–Trinajstić information content (AvgIpc) is 3.41. The zero-order valence-corrected chi connectivity index (χ0v) is 16.7. The Bertz CT molecular complexity index is 1010. The normalized spacial score (nSPS) is 16.6. The molecule has 1 N–H and O–H groups in total. The Morgan fingerprint density at radius 1 is 1.25 bits per heavy atom. The minimum Gasteiger partial charge on any atom is -0.311 e. The molecule has 4 rings (SSSR count). The van der Waals surface area contributed by atoms with Gasteiger partial charge in [-0.3, -0.25) is 9.59 Å². The number of rotatable bonds is 5. The van der Waals surface area contributed by atoms with Gasteiger partial charge in [-0.15, -0.1) is 11.3 Å². The molecule has 1 fully saturated rings. The molecular formula is C21H22N4O2S. The van der Waals surface area contributed by atoms with Crippen LogP contribution in [0.5, 0.6) is 0 Å². The van der Waals surface area contributed by atoms with Crippen molar-refractivity contribution in [3.05, 3.63) is 64.0 Å². The van der Waals surface area contributed by atoms with Crippen molar-refractivity contribution in [1.82, 2.24) is 9.78 Å². The van der Waals surface area contributed by atoms with Crippen molar-refractivity contribution < 1.29 is 9.59 Å². The fourth-order valence-electron chi connectivity index (χ4n) is 3.49. The molecule has 1 aromatic carbocycles. The lowest BCUT2D eigenvalue weighted by Crippen LogP contribution is -2.29. The van der Waals surface area contributed by atoms with E-state index in [1.165, 1.54) is 0 Å². The molecule has 2 amide bonds. The summed E-state index contributed by atoms with van der Waals surface area (Å²) < 4.78 is 1.77. The summed E-state index contributed by atoms with van der Waals surface area (Å²) in [5.74, 6) is 0.114. The van der Waals surface area contributed by atoms with Crippen molar-refractivity contribution in [2.75, 3.05) is 16.8 Å². The van der Waals surface area contributed by atoms with Gasteiger partial charge in [-0.2, -0.15) is 5.10 Å². The van der Waals surface area contributed by atoms with Crippen molar-refractivity contribution in [2.24, 2.45) is 5.92 Å². The van der Waals surface area contributed by atoms with E-state index in [-0.39, 0.29) is 24.2 Å². The van der Waals surface area contributed by atoms with Gasteiger partial charge in [0, 0.05) is 29.6 Å². The van der Waals surface area contributed by atoms with Crippen LogP contribution in [-0.2, 0) is 16.1 Å². The minimum atomic E-state index is -0.377. The summed E-state index contributed by atoms with van der Waals surface area (Å²) in [5.41, 5.74) is 3.10. The van der Waals surface area contributed by atoms with E-state index in [0.717, 1.165) is 21.7 Å².